The van der Waals surface area contributed by atoms with Crippen LogP contribution in [0.3, 0.4) is 0 Å². The summed E-state index contributed by atoms with van der Waals surface area (Å²) in [7, 11) is 0. The van der Waals surface area contributed by atoms with Crippen molar-refractivity contribution in [3.8, 4) is 0 Å². The van der Waals surface area contributed by atoms with Gasteiger partial charge in [0.2, 0.25) is 0 Å². The van der Waals surface area contributed by atoms with Crippen LogP contribution in [-0.4, -0.2) is 47.5 Å². The largest absolute Gasteiger partial charge is 0.325 e. The fraction of sp³-hybridized carbons (Fsp3) is 0.667. The van der Waals surface area contributed by atoms with E-state index in [0.717, 1.165) is 18.2 Å². The molecule has 3 rings (SSSR count). The Kier molecular flexibility index (Phi) is 4.11. The third-order valence-corrected chi connectivity index (χ3v) is 4.17. The van der Waals surface area contributed by atoms with Crippen molar-refractivity contribution in [3.05, 3.63) is 29.6 Å². The molecular formula is C15H24N4. The van der Waals surface area contributed by atoms with Crippen molar-refractivity contribution in [1.82, 2.24) is 14.8 Å². The lowest BCUT2D eigenvalue weighted by Crippen LogP contribution is -2.46. The normalized spacial score (nSPS) is 21.7. The first kappa shape index (κ1) is 13.0. The number of nitrogens with zero attached hydrogens (tertiary/aromatic N) is 3. The van der Waals surface area contributed by atoms with E-state index in [1.165, 1.54) is 51.1 Å². The lowest BCUT2D eigenvalue weighted by Gasteiger charge is -2.34. The first-order valence-electron chi connectivity index (χ1n) is 7.42. The summed E-state index contributed by atoms with van der Waals surface area (Å²) in [5.41, 5.74) is 7.97. The Morgan fingerprint density at radius 1 is 1.16 bits per heavy atom. The molecule has 1 aromatic heterocycles. The summed E-state index contributed by atoms with van der Waals surface area (Å²) in [5, 5.41) is 0. The van der Waals surface area contributed by atoms with E-state index in [9.17, 15) is 0 Å². The molecule has 4 heteroatoms. The summed E-state index contributed by atoms with van der Waals surface area (Å²) in [6, 6.07) is 4.24. The molecule has 0 aromatic carbocycles. The lowest BCUT2D eigenvalue weighted by atomic mass is 10.2. The minimum Gasteiger partial charge on any atom is -0.325 e. The van der Waals surface area contributed by atoms with Crippen LogP contribution in [0, 0.1) is 5.92 Å². The van der Waals surface area contributed by atoms with E-state index < -0.39 is 0 Å². The van der Waals surface area contributed by atoms with Crippen molar-refractivity contribution in [1.29, 1.82) is 0 Å². The summed E-state index contributed by atoms with van der Waals surface area (Å²) in [4.78, 5) is 9.42. The molecule has 0 atom stereocenters. The maximum atomic E-state index is 5.64. The quantitative estimate of drug-likeness (QED) is 0.860. The maximum Gasteiger partial charge on any atom is 0.0542 e. The maximum absolute atomic E-state index is 5.64. The highest BCUT2D eigenvalue weighted by Gasteiger charge is 2.26. The molecule has 19 heavy (non-hydrogen) atoms. The van der Waals surface area contributed by atoms with Crippen LogP contribution in [0.4, 0.5) is 0 Å². The van der Waals surface area contributed by atoms with Gasteiger partial charge in [0.1, 0.15) is 0 Å². The average Bonchev–Trinajstić information content (AvgIpc) is 3.25. The van der Waals surface area contributed by atoms with Gasteiger partial charge in [0.05, 0.1) is 5.69 Å². The molecule has 2 heterocycles. The van der Waals surface area contributed by atoms with Crippen LogP contribution in [0.1, 0.15) is 24.1 Å². The van der Waals surface area contributed by atoms with E-state index >= 15 is 0 Å². The molecule has 2 aliphatic rings. The predicted octanol–water partition coefficient (Wildman–Crippen LogP) is 1.07. The molecular weight excluding hydrogens is 236 g/mol. The molecule has 1 saturated heterocycles. The van der Waals surface area contributed by atoms with Gasteiger partial charge in [-0.2, -0.15) is 0 Å². The molecule has 1 aliphatic heterocycles. The van der Waals surface area contributed by atoms with E-state index in [0.29, 0.717) is 6.54 Å². The molecule has 2 fully saturated rings. The Labute approximate surface area is 115 Å². The van der Waals surface area contributed by atoms with Crippen molar-refractivity contribution >= 4 is 0 Å². The molecule has 0 spiro atoms. The van der Waals surface area contributed by atoms with Gasteiger partial charge in [0, 0.05) is 52.0 Å². The summed E-state index contributed by atoms with van der Waals surface area (Å²) >= 11 is 0. The zero-order valence-corrected chi connectivity index (χ0v) is 11.6. The molecule has 0 unspecified atom stereocenters. The van der Waals surface area contributed by atoms with Crippen molar-refractivity contribution in [2.45, 2.75) is 25.9 Å². The van der Waals surface area contributed by atoms with Gasteiger partial charge in [-0.25, -0.2) is 0 Å². The highest BCUT2D eigenvalue weighted by molar-refractivity contribution is 5.16. The van der Waals surface area contributed by atoms with Gasteiger partial charge in [-0.1, -0.05) is 0 Å². The number of rotatable bonds is 5. The highest BCUT2D eigenvalue weighted by Crippen LogP contribution is 2.29. The Bertz CT molecular complexity index is 408. The standard InChI is InChI=1S/C15H24N4/c16-10-15-9-14(3-4-17-15)12-19-7-5-18(6-8-19)11-13-1-2-13/h3-4,9,13H,1-2,5-8,10-12,16H2. The molecule has 2 N–H and O–H groups in total. The van der Waals surface area contributed by atoms with E-state index in [1.54, 1.807) is 0 Å². The van der Waals surface area contributed by atoms with Gasteiger partial charge < -0.3 is 10.6 Å². The van der Waals surface area contributed by atoms with Crippen LogP contribution in [0.5, 0.6) is 0 Å². The smallest absolute Gasteiger partial charge is 0.0542 e. The number of hydrogen-bond donors (Lipinski definition) is 1. The van der Waals surface area contributed by atoms with Gasteiger partial charge >= 0.3 is 0 Å². The lowest BCUT2D eigenvalue weighted by molar-refractivity contribution is 0.123. The van der Waals surface area contributed by atoms with Gasteiger partial charge in [-0.3, -0.25) is 9.88 Å². The molecule has 0 bridgehead atoms. The Morgan fingerprint density at radius 3 is 2.58 bits per heavy atom. The summed E-state index contributed by atoms with van der Waals surface area (Å²) < 4.78 is 0. The second-order valence-corrected chi connectivity index (χ2v) is 5.88. The molecule has 1 aromatic rings. The van der Waals surface area contributed by atoms with Crippen LogP contribution < -0.4 is 5.73 Å². The third-order valence-electron chi connectivity index (χ3n) is 4.17. The van der Waals surface area contributed by atoms with Crippen LogP contribution in [-0.2, 0) is 13.1 Å². The summed E-state index contributed by atoms with van der Waals surface area (Å²) in [6.07, 6.45) is 4.79. The van der Waals surface area contributed by atoms with Crippen molar-refractivity contribution in [2.75, 3.05) is 32.7 Å². The van der Waals surface area contributed by atoms with Crippen LogP contribution in [0.15, 0.2) is 18.3 Å². The number of nitrogens with two attached hydrogens (primary N) is 1. The van der Waals surface area contributed by atoms with Gasteiger partial charge in [0.25, 0.3) is 0 Å². The highest BCUT2D eigenvalue weighted by atomic mass is 15.3. The zero-order chi connectivity index (χ0) is 13.1. The Hall–Kier alpha value is -0.970. The van der Waals surface area contributed by atoms with E-state index in [4.69, 9.17) is 5.73 Å². The Morgan fingerprint density at radius 2 is 1.89 bits per heavy atom. The van der Waals surface area contributed by atoms with E-state index in [2.05, 4.69) is 26.9 Å². The van der Waals surface area contributed by atoms with Crippen LogP contribution in [0.2, 0.25) is 0 Å². The topological polar surface area (TPSA) is 45.4 Å². The fourth-order valence-corrected chi connectivity index (χ4v) is 2.79. The van der Waals surface area contributed by atoms with Gasteiger partial charge in [-0.15, -0.1) is 0 Å². The van der Waals surface area contributed by atoms with Crippen LogP contribution >= 0.6 is 0 Å². The van der Waals surface area contributed by atoms with Crippen molar-refractivity contribution in [3.63, 3.8) is 0 Å². The minimum absolute atomic E-state index is 0.531. The first-order chi connectivity index (χ1) is 9.33. The van der Waals surface area contributed by atoms with E-state index in [1.807, 2.05) is 6.20 Å². The SMILES string of the molecule is NCc1cc(CN2CCN(CC3CC3)CC2)ccn1. The van der Waals surface area contributed by atoms with Crippen molar-refractivity contribution < 1.29 is 0 Å². The monoisotopic (exact) mass is 260 g/mol. The zero-order valence-electron chi connectivity index (χ0n) is 11.6. The predicted molar refractivity (Wildman–Crippen MR) is 76.6 cm³/mol. The molecule has 104 valence electrons. The Balaban J connectivity index is 1.48. The number of pyridine rings is 1. The number of aromatic nitrogens is 1. The molecule has 0 radical (unpaired) electrons. The summed E-state index contributed by atoms with van der Waals surface area (Å²) in [6.45, 7) is 7.73. The number of hydrogen-bond acceptors (Lipinski definition) is 4. The fourth-order valence-electron chi connectivity index (χ4n) is 2.79. The molecule has 1 saturated carbocycles. The molecule has 1 aliphatic carbocycles. The molecule has 0 amide bonds. The second kappa shape index (κ2) is 5.99. The van der Waals surface area contributed by atoms with Gasteiger partial charge in [-0.05, 0) is 36.5 Å². The second-order valence-electron chi connectivity index (χ2n) is 5.88. The van der Waals surface area contributed by atoms with E-state index in [-0.39, 0.29) is 0 Å². The molecule has 4 nitrogen and oxygen atoms in total. The number of piperazine rings is 1. The first-order valence-corrected chi connectivity index (χ1v) is 7.42. The summed E-state index contributed by atoms with van der Waals surface area (Å²) in [5.74, 6) is 1.01. The average molecular weight is 260 g/mol. The van der Waals surface area contributed by atoms with Crippen LogP contribution in [0.25, 0.3) is 0 Å². The van der Waals surface area contributed by atoms with Gasteiger partial charge in [0.15, 0.2) is 0 Å². The third kappa shape index (κ3) is 3.75. The minimum atomic E-state index is 0.531. The van der Waals surface area contributed by atoms with Crippen molar-refractivity contribution in [2.24, 2.45) is 11.7 Å².